The van der Waals surface area contributed by atoms with Gasteiger partial charge in [0.15, 0.2) is 0 Å². The van der Waals surface area contributed by atoms with Crippen molar-refractivity contribution in [2.75, 3.05) is 0 Å². The molecule has 1 aliphatic rings. The second-order valence-corrected chi connectivity index (χ2v) is 3.85. The summed E-state index contributed by atoms with van der Waals surface area (Å²) < 4.78 is 0. The summed E-state index contributed by atoms with van der Waals surface area (Å²) in [5.74, 6) is 0.808. The van der Waals surface area contributed by atoms with Crippen LogP contribution in [-0.2, 0) is 0 Å². The van der Waals surface area contributed by atoms with E-state index in [9.17, 15) is 0 Å². The zero-order chi connectivity index (χ0) is 8.27. The summed E-state index contributed by atoms with van der Waals surface area (Å²) in [6, 6.07) is 1.33. The molecule has 0 aliphatic heterocycles. The Labute approximate surface area is 69.9 Å². The molecule has 1 nitrogen and oxygen atoms in total. The molecule has 0 heterocycles. The lowest BCUT2D eigenvalue weighted by molar-refractivity contribution is 0.344. The minimum absolute atomic E-state index is 0.619. The third kappa shape index (κ3) is 2.66. The van der Waals surface area contributed by atoms with Crippen molar-refractivity contribution < 1.29 is 0 Å². The van der Waals surface area contributed by atoms with Gasteiger partial charge < -0.3 is 5.32 Å². The van der Waals surface area contributed by atoms with Crippen molar-refractivity contribution in [1.82, 2.24) is 5.32 Å². The molecule has 64 valence electrons. The van der Waals surface area contributed by atoms with Gasteiger partial charge in [-0.1, -0.05) is 32.9 Å². The molecule has 1 heteroatoms. The monoisotopic (exact) mass is 153 g/mol. The molecule has 11 heavy (non-hydrogen) atoms. The summed E-state index contributed by atoms with van der Waals surface area (Å²) >= 11 is 0. The lowest BCUT2D eigenvalue weighted by atomic mass is 9.90. The Bertz CT molecular complexity index is 138. The Balaban J connectivity index is 2.38. The van der Waals surface area contributed by atoms with E-state index in [1.54, 1.807) is 0 Å². The van der Waals surface area contributed by atoms with Crippen molar-refractivity contribution in [3.63, 3.8) is 0 Å². The molecule has 0 aromatic heterocycles. The van der Waals surface area contributed by atoms with Crippen LogP contribution in [0.1, 0.15) is 33.6 Å². The first-order chi connectivity index (χ1) is 5.20. The fourth-order valence-electron chi connectivity index (χ4n) is 1.61. The molecule has 0 saturated heterocycles. The molecule has 0 saturated carbocycles. The molecule has 0 aromatic rings. The number of hydrogen-bond donors (Lipinski definition) is 1. The van der Waals surface area contributed by atoms with Gasteiger partial charge in [-0.25, -0.2) is 0 Å². The molecule has 0 bridgehead atoms. The van der Waals surface area contributed by atoms with Crippen molar-refractivity contribution in [3.8, 4) is 0 Å². The molecule has 1 N–H and O–H groups in total. The largest absolute Gasteiger partial charge is 0.311 e. The predicted octanol–water partition coefficient (Wildman–Crippen LogP) is 2.34. The Kier molecular flexibility index (Phi) is 3.13. The minimum atomic E-state index is 0.619. The average Bonchev–Trinajstić information content (AvgIpc) is 1.93. The van der Waals surface area contributed by atoms with Crippen molar-refractivity contribution >= 4 is 0 Å². The van der Waals surface area contributed by atoms with Gasteiger partial charge >= 0.3 is 0 Å². The van der Waals surface area contributed by atoms with Crippen LogP contribution < -0.4 is 5.32 Å². The summed E-state index contributed by atoms with van der Waals surface area (Å²) in [5.41, 5.74) is 0. The third-order valence-corrected chi connectivity index (χ3v) is 2.30. The third-order valence-electron chi connectivity index (χ3n) is 2.30. The number of nitrogens with one attached hydrogen (secondary N) is 1. The second kappa shape index (κ2) is 3.91. The minimum Gasteiger partial charge on any atom is -0.311 e. The zero-order valence-corrected chi connectivity index (χ0v) is 7.80. The van der Waals surface area contributed by atoms with Gasteiger partial charge in [0.2, 0.25) is 0 Å². The van der Waals surface area contributed by atoms with Gasteiger partial charge in [0, 0.05) is 12.1 Å². The second-order valence-electron chi connectivity index (χ2n) is 3.85. The molecule has 0 unspecified atom stereocenters. The molecule has 0 radical (unpaired) electrons. The van der Waals surface area contributed by atoms with Gasteiger partial charge in [0.25, 0.3) is 0 Å². The maximum atomic E-state index is 3.58. The fourth-order valence-corrected chi connectivity index (χ4v) is 1.61. The molecule has 0 amide bonds. The Morgan fingerprint density at radius 1 is 1.27 bits per heavy atom. The van der Waals surface area contributed by atoms with E-state index in [4.69, 9.17) is 0 Å². The molecule has 1 rings (SSSR count). The van der Waals surface area contributed by atoms with Crippen molar-refractivity contribution in [2.45, 2.75) is 45.7 Å². The smallest absolute Gasteiger partial charge is 0.0132 e. The number of hydrogen-bond acceptors (Lipinski definition) is 1. The molecule has 1 aliphatic carbocycles. The van der Waals surface area contributed by atoms with E-state index in [1.807, 2.05) is 0 Å². The van der Waals surface area contributed by atoms with Crippen LogP contribution in [0.25, 0.3) is 0 Å². The molecule has 0 spiro atoms. The first-order valence-corrected chi connectivity index (χ1v) is 4.61. The summed E-state index contributed by atoms with van der Waals surface area (Å²) in [4.78, 5) is 0. The zero-order valence-electron chi connectivity index (χ0n) is 7.80. The molecule has 2 atom stereocenters. The topological polar surface area (TPSA) is 12.0 Å². The van der Waals surface area contributed by atoms with Crippen LogP contribution >= 0.6 is 0 Å². The van der Waals surface area contributed by atoms with Gasteiger partial charge in [-0.2, -0.15) is 0 Å². The molecule has 0 fully saturated rings. The lowest BCUT2D eigenvalue weighted by Crippen LogP contribution is -2.39. The summed E-state index contributed by atoms with van der Waals surface area (Å²) in [6.07, 6.45) is 7.03. The van der Waals surface area contributed by atoms with Crippen LogP contribution in [0.15, 0.2) is 12.2 Å². The van der Waals surface area contributed by atoms with E-state index in [2.05, 4.69) is 38.2 Å². The van der Waals surface area contributed by atoms with Gasteiger partial charge in [0.1, 0.15) is 0 Å². The van der Waals surface area contributed by atoms with Crippen molar-refractivity contribution in [2.24, 2.45) is 5.92 Å². The number of allylic oxidation sites excluding steroid dienone is 1. The molecular formula is C10H19N. The van der Waals surface area contributed by atoms with Gasteiger partial charge in [0.05, 0.1) is 0 Å². The average molecular weight is 153 g/mol. The summed E-state index contributed by atoms with van der Waals surface area (Å²) in [7, 11) is 0. The van der Waals surface area contributed by atoms with Crippen molar-refractivity contribution in [1.29, 1.82) is 0 Å². The van der Waals surface area contributed by atoms with Crippen LogP contribution in [0.5, 0.6) is 0 Å². The maximum absolute atomic E-state index is 3.58. The van der Waals surface area contributed by atoms with Crippen LogP contribution in [0.4, 0.5) is 0 Å². The van der Waals surface area contributed by atoms with E-state index in [-0.39, 0.29) is 0 Å². The maximum Gasteiger partial charge on any atom is 0.0132 e. The SMILES string of the molecule is CC(C)N[C@@H]1CC=CC[C@@H]1C. The highest BCUT2D eigenvalue weighted by atomic mass is 14.9. The Hall–Kier alpha value is -0.300. The van der Waals surface area contributed by atoms with Crippen LogP contribution in [0, 0.1) is 5.92 Å². The van der Waals surface area contributed by atoms with Crippen LogP contribution in [-0.4, -0.2) is 12.1 Å². The number of rotatable bonds is 2. The Morgan fingerprint density at radius 3 is 2.45 bits per heavy atom. The lowest BCUT2D eigenvalue weighted by Gasteiger charge is -2.28. The van der Waals surface area contributed by atoms with E-state index in [0.717, 1.165) is 5.92 Å². The normalized spacial score (nSPS) is 31.3. The fraction of sp³-hybridized carbons (Fsp3) is 0.800. The molecular weight excluding hydrogens is 134 g/mol. The van der Waals surface area contributed by atoms with E-state index in [0.29, 0.717) is 12.1 Å². The summed E-state index contributed by atoms with van der Waals surface area (Å²) in [6.45, 7) is 6.75. The molecule has 0 aromatic carbocycles. The van der Waals surface area contributed by atoms with E-state index in [1.165, 1.54) is 12.8 Å². The summed E-state index contributed by atoms with van der Waals surface area (Å²) in [5, 5.41) is 3.58. The van der Waals surface area contributed by atoms with Gasteiger partial charge in [-0.15, -0.1) is 0 Å². The van der Waals surface area contributed by atoms with Crippen LogP contribution in [0.2, 0.25) is 0 Å². The first-order valence-electron chi connectivity index (χ1n) is 4.61. The van der Waals surface area contributed by atoms with Gasteiger partial charge in [-0.05, 0) is 18.8 Å². The van der Waals surface area contributed by atoms with Crippen LogP contribution in [0.3, 0.4) is 0 Å². The highest BCUT2D eigenvalue weighted by molar-refractivity contribution is 4.96. The predicted molar refractivity (Wildman–Crippen MR) is 49.6 cm³/mol. The highest BCUT2D eigenvalue weighted by Crippen LogP contribution is 2.18. The highest BCUT2D eigenvalue weighted by Gasteiger charge is 2.17. The van der Waals surface area contributed by atoms with E-state index < -0.39 is 0 Å². The van der Waals surface area contributed by atoms with E-state index >= 15 is 0 Å². The standard InChI is InChI=1S/C10H19N/c1-8(2)11-10-7-5-4-6-9(10)3/h4-5,8-11H,6-7H2,1-3H3/t9-,10+/m0/s1. The first kappa shape index (κ1) is 8.79. The quantitative estimate of drug-likeness (QED) is 0.600. The van der Waals surface area contributed by atoms with Gasteiger partial charge in [-0.3, -0.25) is 0 Å². The Morgan fingerprint density at radius 2 is 1.91 bits per heavy atom. The van der Waals surface area contributed by atoms with Crippen molar-refractivity contribution in [3.05, 3.63) is 12.2 Å².